The summed E-state index contributed by atoms with van der Waals surface area (Å²) in [6.45, 7) is 4.97. The van der Waals surface area contributed by atoms with Gasteiger partial charge in [-0.25, -0.2) is 4.99 Å². The van der Waals surface area contributed by atoms with E-state index < -0.39 is 0 Å². The van der Waals surface area contributed by atoms with Gasteiger partial charge in [0.1, 0.15) is 11.5 Å². The molecular weight excluding hydrogens is 440 g/mol. The van der Waals surface area contributed by atoms with E-state index in [-0.39, 0.29) is 0 Å². The van der Waals surface area contributed by atoms with Gasteiger partial charge >= 0.3 is 0 Å². The second-order valence-electron chi connectivity index (χ2n) is 8.93. The summed E-state index contributed by atoms with van der Waals surface area (Å²) >= 11 is 1.65. The van der Waals surface area contributed by atoms with Gasteiger partial charge in [0.2, 0.25) is 0 Å². The number of hydrogen-bond acceptors (Lipinski definition) is 7. The van der Waals surface area contributed by atoms with E-state index in [4.69, 9.17) is 11.1 Å². The molecule has 34 heavy (non-hydrogen) atoms. The van der Waals surface area contributed by atoms with Crippen LogP contribution in [-0.4, -0.2) is 44.5 Å². The first kappa shape index (κ1) is 26.3. The third-order valence-electron chi connectivity index (χ3n) is 6.25. The molecule has 2 aliphatic rings. The zero-order valence-corrected chi connectivity index (χ0v) is 21.7. The Morgan fingerprint density at radius 1 is 1.26 bits per heavy atom. The SMILES string of the molecule is CCCCN/C(CC1C=CC(CNC)=CC1)=C1\C(=N)C(N)=Nc2cc(CCCNSC)ccc21. The molecule has 0 saturated heterocycles. The molecule has 0 bridgehead atoms. The molecule has 7 heteroatoms. The van der Waals surface area contributed by atoms with Crippen LogP contribution in [0.25, 0.3) is 5.57 Å². The molecule has 0 spiro atoms. The number of fused-ring (bicyclic) bond motifs is 1. The number of aryl methyl sites for hydroxylation is 1. The van der Waals surface area contributed by atoms with E-state index in [2.05, 4.69) is 63.7 Å². The molecule has 1 aromatic carbocycles. The highest BCUT2D eigenvalue weighted by molar-refractivity contribution is 7.96. The van der Waals surface area contributed by atoms with E-state index in [1.165, 1.54) is 11.1 Å². The van der Waals surface area contributed by atoms with Crippen LogP contribution in [0.1, 0.15) is 50.2 Å². The van der Waals surface area contributed by atoms with E-state index >= 15 is 0 Å². The smallest absolute Gasteiger partial charge is 0.150 e. The van der Waals surface area contributed by atoms with Crippen molar-refractivity contribution >= 4 is 34.8 Å². The minimum absolute atomic E-state index is 0.300. The maximum Gasteiger partial charge on any atom is 0.150 e. The van der Waals surface area contributed by atoms with Gasteiger partial charge in [-0.3, -0.25) is 10.1 Å². The van der Waals surface area contributed by atoms with E-state index in [1.54, 1.807) is 11.9 Å². The van der Waals surface area contributed by atoms with Gasteiger partial charge in [0.15, 0.2) is 0 Å². The largest absolute Gasteiger partial charge is 0.388 e. The highest BCUT2D eigenvalue weighted by atomic mass is 32.2. The number of allylic oxidation sites excluding steroid dienone is 3. The summed E-state index contributed by atoms with van der Waals surface area (Å²) in [5, 5.41) is 15.7. The lowest BCUT2D eigenvalue weighted by atomic mass is 9.87. The van der Waals surface area contributed by atoms with Gasteiger partial charge in [0.25, 0.3) is 0 Å². The summed E-state index contributed by atoms with van der Waals surface area (Å²) in [5.41, 5.74) is 13.1. The zero-order valence-electron chi connectivity index (χ0n) is 20.8. The highest BCUT2D eigenvalue weighted by Crippen LogP contribution is 2.36. The van der Waals surface area contributed by atoms with E-state index in [0.29, 0.717) is 17.5 Å². The van der Waals surface area contributed by atoms with Crippen LogP contribution in [0.3, 0.4) is 0 Å². The first-order valence-electron chi connectivity index (χ1n) is 12.4. The lowest BCUT2D eigenvalue weighted by molar-refractivity contribution is 0.596. The minimum Gasteiger partial charge on any atom is -0.388 e. The van der Waals surface area contributed by atoms with Crippen molar-refractivity contribution in [2.24, 2.45) is 16.6 Å². The summed E-state index contributed by atoms with van der Waals surface area (Å²) in [6, 6.07) is 6.46. The Balaban J connectivity index is 1.89. The summed E-state index contributed by atoms with van der Waals surface area (Å²) in [4.78, 5) is 4.60. The van der Waals surface area contributed by atoms with Gasteiger partial charge in [-0.15, -0.1) is 0 Å². The summed E-state index contributed by atoms with van der Waals surface area (Å²) in [7, 11) is 1.98. The molecule has 1 unspecified atom stereocenters. The van der Waals surface area contributed by atoms with E-state index in [9.17, 15) is 0 Å². The van der Waals surface area contributed by atoms with Crippen LogP contribution in [-0.2, 0) is 6.42 Å². The van der Waals surface area contributed by atoms with Crippen LogP contribution in [0.2, 0.25) is 0 Å². The van der Waals surface area contributed by atoms with Crippen molar-refractivity contribution in [2.75, 3.05) is 32.9 Å². The fraction of sp³-hybridized carbons (Fsp3) is 0.481. The first-order chi connectivity index (χ1) is 16.6. The van der Waals surface area contributed by atoms with E-state index in [1.807, 2.05) is 13.3 Å². The number of aliphatic imine (C=N–C) groups is 1. The number of nitrogens with one attached hydrogen (secondary N) is 4. The third kappa shape index (κ3) is 7.08. The second-order valence-corrected chi connectivity index (χ2v) is 9.62. The maximum absolute atomic E-state index is 8.81. The summed E-state index contributed by atoms with van der Waals surface area (Å²) in [6.07, 6.45) is 15.1. The fourth-order valence-electron chi connectivity index (χ4n) is 4.40. The Kier molecular flexibility index (Phi) is 10.4. The molecule has 3 rings (SSSR count). The molecule has 6 N–H and O–H groups in total. The predicted octanol–water partition coefficient (Wildman–Crippen LogP) is 4.72. The van der Waals surface area contributed by atoms with Gasteiger partial charge < -0.3 is 16.4 Å². The molecule has 1 aliphatic carbocycles. The van der Waals surface area contributed by atoms with E-state index in [0.717, 1.165) is 80.7 Å². The van der Waals surface area contributed by atoms with Crippen LogP contribution in [0.15, 0.2) is 52.7 Å². The van der Waals surface area contributed by atoms with Crippen LogP contribution >= 0.6 is 11.9 Å². The standard InChI is InChI=1S/C27H40N6S/c1-4-5-14-31-24(17-20-8-10-21(11-9-20)18-30-2)25-22-13-12-19(7-6-15-32-34-3)16-23(22)33-27(29)26(25)28/h8,10-13,16,20,28,30-32H,4-7,9,14-15,17-18H2,1-3H3,(H2,29,33)/b25-24-,28-26?. The molecule has 0 amide bonds. The molecule has 0 fully saturated rings. The quantitative estimate of drug-likeness (QED) is 0.208. The summed E-state index contributed by atoms with van der Waals surface area (Å²) < 4.78 is 3.30. The van der Waals surface area contributed by atoms with Crippen LogP contribution < -0.4 is 21.1 Å². The van der Waals surface area contributed by atoms with Crippen molar-refractivity contribution in [3.63, 3.8) is 0 Å². The van der Waals surface area contributed by atoms with Crippen molar-refractivity contribution in [3.05, 3.63) is 58.8 Å². The van der Waals surface area contributed by atoms with Gasteiger partial charge in [0.05, 0.1) is 5.69 Å². The maximum atomic E-state index is 8.81. The number of nitrogens with zero attached hydrogens (tertiary/aromatic N) is 1. The molecule has 1 atom stereocenters. The van der Waals surface area contributed by atoms with Gasteiger partial charge in [-0.05, 0) is 68.5 Å². The molecule has 0 aromatic heterocycles. The Labute approximate surface area is 209 Å². The number of hydrogen-bond donors (Lipinski definition) is 5. The predicted molar refractivity (Wildman–Crippen MR) is 149 cm³/mol. The number of nitrogens with two attached hydrogens (primary N) is 1. The van der Waals surface area contributed by atoms with Crippen LogP contribution in [0, 0.1) is 11.3 Å². The molecule has 184 valence electrons. The second kappa shape index (κ2) is 13.5. The molecule has 1 aliphatic heterocycles. The average Bonchev–Trinajstić information content (AvgIpc) is 2.84. The number of rotatable bonds is 13. The molecule has 1 heterocycles. The van der Waals surface area contributed by atoms with Crippen molar-refractivity contribution in [3.8, 4) is 0 Å². The summed E-state index contributed by atoms with van der Waals surface area (Å²) in [5.74, 6) is 0.700. The van der Waals surface area contributed by atoms with Gasteiger partial charge in [-0.2, -0.15) is 0 Å². The minimum atomic E-state index is 0.300. The Morgan fingerprint density at radius 2 is 2.12 bits per heavy atom. The molecule has 0 saturated carbocycles. The number of amidine groups is 1. The average molecular weight is 481 g/mol. The van der Waals surface area contributed by atoms with Gasteiger partial charge in [-0.1, -0.05) is 55.7 Å². The Morgan fingerprint density at radius 3 is 2.82 bits per heavy atom. The molecule has 6 nitrogen and oxygen atoms in total. The normalized spacial score (nSPS) is 18.9. The van der Waals surface area contributed by atoms with Crippen molar-refractivity contribution in [2.45, 2.75) is 45.4 Å². The topological polar surface area (TPSA) is 98.3 Å². The highest BCUT2D eigenvalue weighted by Gasteiger charge is 2.26. The zero-order chi connectivity index (χ0) is 24.3. The van der Waals surface area contributed by atoms with Crippen LogP contribution in [0.4, 0.5) is 5.69 Å². The number of likely N-dealkylation sites (N-methyl/N-ethyl adjacent to an activating group) is 1. The third-order valence-corrected chi connectivity index (χ3v) is 6.74. The number of unbranched alkanes of at least 4 members (excludes halogenated alkanes) is 1. The fourth-order valence-corrected chi connectivity index (χ4v) is 4.75. The molecule has 1 aromatic rings. The van der Waals surface area contributed by atoms with Gasteiger partial charge in [0, 0.05) is 36.5 Å². The Bertz CT molecular complexity index is 975. The van der Waals surface area contributed by atoms with Crippen molar-refractivity contribution in [1.82, 2.24) is 15.4 Å². The van der Waals surface area contributed by atoms with Crippen LogP contribution in [0.5, 0.6) is 0 Å². The Hall–Kier alpha value is -2.35. The monoisotopic (exact) mass is 480 g/mol. The lowest BCUT2D eigenvalue weighted by Gasteiger charge is -2.26. The van der Waals surface area contributed by atoms with Crippen molar-refractivity contribution in [1.29, 1.82) is 5.41 Å². The lowest BCUT2D eigenvalue weighted by Crippen LogP contribution is -2.30. The van der Waals surface area contributed by atoms with Crippen molar-refractivity contribution < 1.29 is 0 Å². The first-order valence-corrected chi connectivity index (χ1v) is 13.6. The molecular formula is C27H40N6S. The number of benzene rings is 1. The molecule has 0 radical (unpaired) electrons.